The Labute approximate surface area is 68.1 Å². The van der Waals surface area contributed by atoms with Crippen molar-refractivity contribution in [2.75, 3.05) is 0 Å². The van der Waals surface area contributed by atoms with Crippen LogP contribution in [-0.2, 0) is 0 Å². The molecule has 0 spiro atoms. The molecule has 2 heterocycles. The van der Waals surface area contributed by atoms with E-state index in [1.807, 2.05) is 0 Å². The molecule has 60 valence electrons. The monoisotopic (exact) mass is 162 g/mol. The van der Waals surface area contributed by atoms with E-state index in [-0.39, 0.29) is 5.78 Å². The van der Waals surface area contributed by atoms with E-state index in [0.29, 0.717) is 11.5 Å². The molecule has 5 heteroatoms. The zero-order chi connectivity index (χ0) is 8.55. The zero-order valence-corrected chi connectivity index (χ0v) is 6.43. The van der Waals surface area contributed by atoms with E-state index in [2.05, 4.69) is 15.1 Å². The van der Waals surface area contributed by atoms with Crippen LogP contribution in [0.15, 0.2) is 18.6 Å². The van der Waals surface area contributed by atoms with Crippen molar-refractivity contribution >= 4 is 11.6 Å². The van der Waals surface area contributed by atoms with Gasteiger partial charge in [-0.2, -0.15) is 9.61 Å². The molecule has 0 fully saturated rings. The second-order valence-corrected chi connectivity index (χ2v) is 2.35. The minimum Gasteiger partial charge on any atom is -0.293 e. The van der Waals surface area contributed by atoms with Crippen LogP contribution < -0.4 is 0 Å². The van der Waals surface area contributed by atoms with E-state index in [1.165, 1.54) is 30.0 Å². The first kappa shape index (κ1) is 6.90. The highest BCUT2D eigenvalue weighted by Gasteiger charge is 2.07. The van der Waals surface area contributed by atoms with Crippen LogP contribution in [0.4, 0.5) is 0 Å². The molecule has 0 aliphatic carbocycles. The molecule has 0 bridgehead atoms. The molecule has 0 atom stereocenters. The minimum absolute atomic E-state index is 0.0667. The summed E-state index contributed by atoms with van der Waals surface area (Å²) in [6.07, 6.45) is 4.52. The van der Waals surface area contributed by atoms with Crippen molar-refractivity contribution in [3.8, 4) is 0 Å². The Hall–Kier alpha value is -1.78. The topological polar surface area (TPSA) is 60.2 Å². The Morgan fingerprint density at radius 2 is 2.25 bits per heavy atom. The average Bonchev–Trinajstić information content (AvgIpc) is 2.47. The molecule has 0 saturated carbocycles. The molecule has 2 aromatic rings. The summed E-state index contributed by atoms with van der Waals surface area (Å²) < 4.78 is 1.42. The van der Waals surface area contributed by atoms with Crippen LogP contribution in [0.2, 0.25) is 0 Å². The van der Waals surface area contributed by atoms with Gasteiger partial charge < -0.3 is 0 Å². The molecule has 0 saturated heterocycles. The van der Waals surface area contributed by atoms with Gasteiger partial charge in [0.2, 0.25) is 0 Å². The summed E-state index contributed by atoms with van der Waals surface area (Å²) in [5, 5.41) is 3.93. The number of rotatable bonds is 1. The van der Waals surface area contributed by atoms with Crippen molar-refractivity contribution in [3.05, 3.63) is 24.3 Å². The zero-order valence-electron chi connectivity index (χ0n) is 6.43. The van der Waals surface area contributed by atoms with Crippen molar-refractivity contribution in [1.29, 1.82) is 0 Å². The van der Waals surface area contributed by atoms with E-state index < -0.39 is 0 Å². The van der Waals surface area contributed by atoms with E-state index >= 15 is 0 Å². The highest BCUT2D eigenvalue weighted by atomic mass is 16.1. The van der Waals surface area contributed by atoms with Crippen molar-refractivity contribution in [2.45, 2.75) is 6.92 Å². The Morgan fingerprint density at radius 1 is 1.42 bits per heavy atom. The largest absolute Gasteiger partial charge is 0.293 e. The van der Waals surface area contributed by atoms with Crippen LogP contribution in [-0.4, -0.2) is 25.4 Å². The van der Waals surface area contributed by atoms with Gasteiger partial charge in [0.1, 0.15) is 5.69 Å². The number of ketones is 1. The third kappa shape index (κ3) is 0.868. The Bertz CT molecular complexity index is 434. The molecule has 2 rings (SSSR count). The highest BCUT2D eigenvalue weighted by molar-refractivity contribution is 5.92. The van der Waals surface area contributed by atoms with Crippen LogP contribution in [0.25, 0.3) is 5.78 Å². The Morgan fingerprint density at radius 3 is 3.00 bits per heavy atom. The predicted molar refractivity (Wildman–Crippen MR) is 40.8 cm³/mol. The van der Waals surface area contributed by atoms with Crippen LogP contribution in [0.5, 0.6) is 0 Å². The lowest BCUT2D eigenvalue weighted by molar-refractivity contribution is 0.101. The fourth-order valence-corrected chi connectivity index (χ4v) is 0.974. The van der Waals surface area contributed by atoms with E-state index in [9.17, 15) is 4.79 Å². The molecule has 12 heavy (non-hydrogen) atoms. The number of imidazole rings is 1. The van der Waals surface area contributed by atoms with Crippen molar-refractivity contribution < 1.29 is 4.79 Å². The van der Waals surface area contributed by atoms with Gasteiger partial charge in [0.05, 0.1) is 18.6 Å². The third-order valence-electron chi connectivity index (χ3n) is 1.52. The van der Waals surface area contributed by atoms with Gasteiger partial charge in [0, 0.05) is 6.92 Å². The first-order chi connectivity index (χ1) is 5.79. The second kappa shape index (κ2) is 2.37. The number of hydrogen-bond donors (Lipinski definition) is 0. The van der Waals surface area contributed by atoms with Gasteiger partial charge in [-0.25, -0.2) is 9.97 Å². The number of fused-ring (bicyclic) bond motifs is 1. The number of carbonyl (C=O) groups excluding carboxylic acids is 1. The molecule has 2 aromatic heterocycles. The maximum absolute atomic E-state index is 11.0. The van der Waals surface area contributed by atoms with Crippen LogP contribution in [0, 0.1) is 0 Å². The maximum Gasteiger partial charge on any atom is 0.251 e. The standard InChI is InChI=1S/C7H6N4O/c1-5(12)6-4-9-7-8-2-3-10-11(6)7/h2-4H,1H3. The van der Waals surface area contributed by atoms with E-state index in [1.54, 1.807) is 0 Å². The Kier molecular flexibility index (Phi) is 1.36. The summed E-state index contributed by atoms with van der Waals surface area (Å²) in [6, 6.07) is 0. The molecule has 0 amide bonds. The molecule has 0 radical (unpaired) electrons. The van der Waals surface area contributed by atoms with Gasteiger partial charge in [-0.05, 0) is 0 Å². The van der Waals surface area contributed by atoms with Gasteiger partial charge in [-0.3, -0.25) is 4.79 Å². The van der Waals surface area contributed by atoms with Gasteiger partial charge in [0.25, 0.3) is 5.78 Å². The minimum atomic E-state index is -0.0667. The lowest BCUT2D eigenvalue weighted by Crippen LogP contribution is -2.01. The van der Waals surface area contributed by atoms with E-state index in [4.69, 9.17) is 0 Å². The fraction of sp³-hybridized carbons (Fsp3) is 0.143. The molecule has 0 aromatic carbocycles. The molecule has 0 aliphatic rings. The van der Waals surface area contributed by atoms with Crippen molar-refractivity contribution in [3.63, 3.8) is 0 Å². The highest BCUT2D eigenvalue weighted by Crippen LogP contribution is 2.00. The summed E-state index contributed by atoms with van der Waals surface area (Å²) in [5.41, 5.74) is 0.457. The number of carbonyl (C=O) groups is 1. The molecule has 5 nitrogen and oxygen atoms in total. The Balaban J connectivity index is 2.79. The summed E-state index contributed by atoms with van der Waals surface area (Å²) in [4.78, 5) is 18.8. The van der Waals surface area contributed by atoms with Gasteiger partial charge in [0.15, 0.2) is 5.78 Å². The fourth-order valence-electron chi connectivity index (χ4n) is 0.974. The molecular formula is C7H6N4O. The van der Waals surface area contributed by atoms with Crippen LogP contribution >= 0.6 is 0 Å². The number of aromatic nitrogens is 4. The first-order valence-electron chi connectivity index (χ1n) is 3.45. The number of Topliss-reactive ketones (excluding diaryl/α,β-unsaturated/α-hetero) is 1. The van der Waals surface area contributed by atoms with Crippen molar-refractivity contribution in [2.24, 2.45) is 0 Å². The van der Waals surface area contributed by atoms with Crippen LogP contribution in [0.1, 0.15) is 17.4 Å². The van der Waals surface area contributed by atoms with Gasteiger partial charge in [-0.15, -0.1) is 0 Å². The lowest BCUT2D eigenvalue weighted by atomic mass is 10.3. The van der Waals surface area contributed by atoms with Gasteiger partial charge in [-0.1, -0.05) is 0 Å². The average molecular weight is 162 g/mol. The van der Waals surface area contributed by atoms with Gasteiger partial charge >= 0.3 is 0 Å². The van der Waals surface area contributed by atoms with E-state index in [0.717, 1.165) is 0 Å². The summed E-state index contributed by atoms with van der Waals surface area (Å²) in [5.74, 6) is 0.380. The lowest BCUT2D eigenvalue weighted by Gasteiger charge is -1.92. The number of nitrogens with zero attached hydrogens (tertiary/aromatic N) is 4. The normalized spacial score (nSPS) is 10.4. The van der Waals surface area contributed by atoms with Crippen LogP contribution in [0.3, 0.4) is 0 Å². The quantitative estimate of drug-likeness (QED) is 0.567. The maximum atomic E-state index is 11.0. The summed E-state index contributed by atoms with van der Waals surface area (Å²) in [6.45, 7) is 1.47. The molecular weight excluding hydrogens is 156 g/mol. The first-order valence-corrected chi connectivity index (χ1v) is 3.45. The molecule has 0 aliphatic heterocycles. The summed E-state index contributed by atoms with van der Waals surface area (Å²) in [7, 11) is 0. The SMILES string of the molecule is CC(=O)c1cnc2nccnn12. The smallest absolute Gasteiger partial charge is 0.251 e. The van der Waals surface area contributed by atoms with Crippen molar-refractivity contribution in [1.82, 2.24) is 19.6 Å². The number of hydrogen-bond acceptors (Lipinski definition) is 4. The second-order valence-electron chi connectivity index (χ2n) is 2.35. The molecule has 0 unspecified atom stereocenters. The summed E-state index contributed by atoms with van der Waals surface area (Å²) >= 11 is 0. The third-order valence-corrected chi connectivity index (χ3v) is 1.52. The molecule has 0 N–H and O–H groups in total. The predicted octanol–water partition coefficient (Wildman–Crippen LogP) is 0.327.